The van der Waals surface area contributed by atoms with E-state index in [9.17, 15) is 8.42 Å². The molecule has 0 amide bonds. The average molecular weight is 325 g/mol. The van der Waals surface area contributed by atoms with Gasteiger partial charge >= 0.3 is 0 Å². The lowest BCUT2D eigenvalue weighted by atomic mass is 10.1. The van der Waals surface area contributed by atoms with Gasteiger partial charge in [-0.3, -0.25) is 0 Å². The summed E-state index contributed by atoms with van der Waals surface area (Å²) in [6, 6.07) is 4.98. The minimum atomic E-state index is -3.63. The number of benzene rings is 1. The van der Waals surface area contributed by atoms with Gasteiger partial charge in [-0.25, -0.2) is 13.4 Å². The van der Waals surface area contributed by atoms with Gasteiger partial charge in [-0.1, -0.05) is 6.07 Å². The standard InChI is InChI=1S/C14H19N3O2S2/c1-10-4-5-12(8-11(10)9-15)21(18,19)17-14(2,3)13-16-6-7-20-13/h4-8,17H,9,15H2,1-3H3. The van der Waals surface area contributed by atoms with Crippen molar-refractivity contribution >= 4 is 21.4 Å². The second-order valence-corrected chi connectivity index (χ2v) is 7.94. The zero-order chi connectivity index (χ0) is 15.7. The number of nitrogens with two attached hydrogens (primary N) is 1. The second-order valence-electron chi connectivity index (χ2n) is 5.36. The van der Waals surface area contributed by atoms with Gasteiger partial charge in [-0.05, 0) is 44.0 Å². The van der Waals surface area contributed by atoms with E-state index in [1.165, 1.54) is 11.3 Å². The van der Waals surface area contributed by atoms with E-state index in [0.29, 0.717) is 6.54 Å². The third-order valence-electron chi connectivity index (χ3n) is 3.21. The van der Waals surface area contributed by atoms with Crippen molar-refractivity contribution in [3.63, 3.8) is 0 Å². The van der Waals surface area contributed by atoms with Crippen LogP contribution in [0.2, 0.25) is 0 Å². The Kier molecular flexibility index (Phi) is 4.48. The quantitative estimate of drug-likeness (QED) is 0.882. The lowest BCUT2D eigenvalue weighted by Crippen LogP contribution is -2.40. The molecule has 0 saturated carbocycles. The van der Waals surface area contributed by atoms with Gasteiger partial charge in [0.2, 0.25) is 10.0 Å². The average Bonchev–Trinajstić information content (AvgIpc) is 2.92. The van der Waals surface area contributed by atoms with Crippen LogP contribution in [0.4, 0.5) is 0 Å². The van der Waals surface area contributed by atoms with Crippen LogP contribution in [0.3, 0.4) is 0 Å². The summed E-state index contributed by atoms with van der Waals surface area (Å²) in [6.07, 6.45) is 1.66. The van der Waals surface area contributed by atoms with Gasteiger partial charge in [-0.15, -0.1) is 11.3 Å². The summed E-state index contributed by atoms with van der Waals surface area (Å²) in [7, 11) is -3.63. The first-order chi connectivity index (χ1) is 9.76. The number of nitrogens with one attached hydrogen (secondary N) is 1. The van der Waals surface area contributed by atoms with Crippen LogP contribution in [0, 0.1) is 6.92 Å². The topological polar surface area (TPSA) is 85.1 Å². The van der Waals surface area contributed by atoms with E-state index in [1.54, 1.807) is 38.2 Å². The van der Waals surface area contributed by atoms with Crippen LogP contribution in [0.5, 0.6) is 0 Å². The fourth-order valence-corrected chi connectivity index (χ4v) is 4.22. The molecule has 0 aliphatic carbocycles. The van der Waals surface area contributed by atoms with Gasteiger partial charge in [-0.2, -0.15) is 4.72 Å². The molecule has 0 unspecified atom stereocenters. The maximum absolute atomic E-state index is 12.5. The van der Waals surface area contributed by atoms with E-state index in [1.807, 2.05) is 12.3 Å². The zero-order valence-corrected chi connectivity index (χ0v) is 13.9. The predicted molar refractivity (Wildman–Crippen MR) is 84.5 cm³/mol. The highest BCUT2D eigenvalue weighted by Crippen LogP contribution is 2.25. The van der Waals surface area contributed by atoms with Crippen LogP contribution in [0.15, 0.2) is 34.7 Å². The lowest BCUT2D eigenvalue weighted by Gasteiger charge is -2.23. The first-order valence-corrected chi connectivity index (χ1v) is 8.86. The summed E-state index contributed by atoms with van der Waals surface area (Å²) in [5.74, 6) is 0. The molecular formula is C14H19N3O2S2. The first kappa shape index (κ1) is 16.1. The molecule has 0 saturated heterocycles. The predicted octanol–water partition coefficient (Wildman–Crippen LogP) is 2.12. The van der Waals surface area contributed by atoms with Crippen LogP contribution >= 0.6 is 11.3 Å². The summed E-state index contributed by atoms with van der Waals surface area (Å²) >= 11 is 1.42. The normalized spacial score (nSPS) is 12.6. The van der Waals surface area contributed by atoms with Crippen molar-refractivity contribution in [1.29, 1.82) is 0 Å². The van der Waals surface area contributed by atoms with Crippen LogP contribution in [0.25, 0.3) is 0 Å². The van der Waals surface area contributed by atoms with Crippen LogP contribution in [-0.2, 0) is 22.1 Å². The summed E-state index contributed by atoms with van der Waals surface area (Å²) in [5, 5.41) is 2.54. The Labute approximate surface area is 129 Å². The molecule has 2 rings (SSSR count). The molecule has 1 aromatic carbocycles. The van der Waals surface area contributed by atoms with Crippen molar-refractivity contribution < 1.29 is 8.42 Å². The lowest BCUT2D eigenvalue weighted by molar-refractivity contribution is 0.470. The molecule has 0 aliphatic rings. The maximum atomic E-state index is 12.5. The SMILES string of the molecule is Cc1ccc(S(=O)(=O)NC(C)(C)c2nccs2)cc1CN. The summed E-state index contributed by atoms with van der Waals surface area (Å²) in [5.41, 5.74) is 6.69. The molecule has 0 aliphatic heterocycles. The summed E-state index contributed by atoms with van der Waals surface area (Å²) in [6.45, 7) is 5.80. The van der Waals surface area contributed by atoms with Crippen molar-refractivity contribution in [2.45, 2.75) is 37.8 Å². The Morgan fingerprint density at radius 2 is 2.10 bits per heavy atom. The van der Waals surface area contributed by atoms with Crippen molar-refractivity contribution in [3.05, 3.63) is 45.9 Å². The Bertz CT molecular complexity index is 723. The summed E-state index contributed by atoms with van der Waals surface area (Å²) < 4.78 is 27.8. The van der Waals surface area contributed by atoms with E-state index in [0.717, 1.165) is 16.1 Å². The van der Waals surface area contributed by atoms with Crippen molar-refractivity contribution in [2.24, 2.45) is 5.73 Å². The van der Waals surface area contributed by atoms with E-state index in [4.69, 9.17) is 5.73 Å². The van der Waals surface area contributed by atoms with E-state index in [-0.39, 0.29) is 4.90 Å². The van der Waals surface area contributed by atoms with Crippen LogP contribution in [0.1, 0.15) is 30.0 Å². The van der Waals surface area contributed by atoms with Crippen molar-refractivity contribution in [2.75, 3.05) is 0 Å². The van der Waals surface area contributed by atoms with Gasteiger partial charge in [0, 0.05) is 18.1 Å². The minimum Gasteiger partial charge on any atom is -0.326 e. The Morgan fingerprint density at radius 1 is 1.38 bits per heavy atom. The minimum absolute atomic E-state index is 0.221. The Balaban J connectivity index is 2.35. The van der Waals surface area contributed by atoms with Gasteiger partial charge in [0.05, 0.1) is 10.4 Å². The smallest absolute Gasteiger partial charge is 0.241 e. The molecule has 0 spiro atoms. The van der Waals surface area contributed by atoms with Gasteiger partial charge in [0.25, 0.3) is 0 Å². The molecule has 1 heterocycles. The third-order valence-corrected chi connectivity index (χ3v) is 5.96. The molecule has 7 heteroatoms. The second kappa shape index (κ2) is 5.84. The maximum Gasteiger partial charge on any atom is 0.241 e. The molecule has 0 radical (unpaired) electrons. The van der Waals surface area contributed by atoms with Gasteiger partial charge in [0.1, 0.15) is 5.01 Å². The number of hydrogen-bond acceptors (Lipinski definition) is 5. The monoisotopic (exact) mass is 325 g/mol. The van der Waals surface area contributed by atoms with Crippen molar-refractivity contribution in [3.8, 4) is 0 Å². The highest BCUT2D eigenvalue weighted by Gasteiger charge is 2.30. The fourth-order valence-electron chi connectivity index (χ4n) is 2.01. The highest BCUT2D eigenvalue weighted by atomic mass is 32.2. The molecular weight excluding hydrogens is 306 g/mol. The Hall–Kier alpha value is -1.28. The van der Waals surface area contributed by atoms with Gasteiger partial charge in [0.15, 0.2) is 0 Å². The van der Waals surface area contributed by atoms with Gasteiger partial charge < -0.3 is 5.73 Å². The summed E-state index contributed by atoms with van der Waals surface area (Å²) in [4.78, 5) is 4.41. The number of aromatic nitrogens is 1. The molecule has 0 fully saturated rings. The molecule has 0 bridgehead atoms. The highest BCUT2D eigenvalue weighted by molar-refractivity contribution is 7.89. The first-order valence-electron chi connectivity index (χ1n) is 6.50. The number of rotatable bonds is 5. The van der Waals surface area contributed by atoms with Crippen LogP contribution in [-0.4, -0.2) is 13.4 Å². The number of nitrogens with zero attached hydrogens (tertiary/aromatic N) is 1. The molecule has 0 atom stereocenters. The van der Waals surface area contributed by atoms with Crippen LogP contribution < -0.4 is 10.5 Å². The third kappa shape index (κ3) is 3.49. The largest absolute Gasteiger partial charge is 0.326 e. The van der Waals surface area contributed by atoms with Crippen molar-refractivity contribution in [1.82, 2.24) is 9.71 Å². The molecule has 1 aromatic heterocycles. The number of thiazole rings is 1. The molecule has 114 valence electrons. The van der Waals surface area contributed by atoms with E-state index in [2.05, 4.69) is 9.71 Å². The molecule has 3 N–H and O–H groups in total. The zero-order valence-electron chi connectivity index (χ0n) is 12.3. The molecule has 5 nitrogen and oxygen atoms in total. The molecule has 21 heavy (non-hydrogen) atoms. The number of hydrogen-bond donors (Lipinski definition) is 2. The Morgan fingerprint density at radius 3 is 2.67 bits per heavy atom. The fraction of sp³-hybridized carbons (Fsp3) is 0.357. The number of sulfonamides is 1. The van der Waals surface area contributed by atoms with E-state index < -0.39 is 15.6 Å². The molecule has 2 aromatic rings. The van der Waals surface area contributed by atoms with E-state index >= 15 is 0 Å². The number of aryl methyl sites for hydroxylation is 1.